The normalized spacial score (nSPS) is 15.5. The zero-order valence-corrected chi connectivity index (χ0v) is 24.1. The van der Waals surface area contributed by atoms with Crippen LogP contribution < -0.4 is 4.74 Å². The molecule has 0 spiro atoms. The van der Waals surface area contributed by atoms with Crippen molar-refractivity contribution >= 4 is 17.0 Å². The van der Waals surface area contributed by atoms with E-state index in [0.717, 1.165) is 12.5 Å². The fraction of sp³-hybridized carbons (Fsp3) is 0.235. The Labute approximate surface area is 252 Å². The fourth-order valence-electron chi connectivity index (χ4n) is 5.50. The van der Waals surface area contributed by atoms with E-state index in [0.29, 0.717) is 40.2 Å². The van der Waals surface area contributed by atoms with Crippen LogP contribution in [0.4, 0.5) is 8.78 Å². The molecule has 5 aromatic rings. The van der Waals surface area contributed by atoms with Crippen molar-refractivity contribution in [2.75, 3.05) is 0 Å². The average Bonchev–Trinajstić information content (AvgIpc) is 3.32. The number of rotatable bonds is 9. The van der Waals surface area contributed by atoms with Crippen LogP contribution in [0.25, 0.3) is 22.3 Å². The molecule has 8 nitrogen and oxygen atoms in total. The van der Waals surface area contributed by atoms with Crippen LogP contribution in [0.1, 0.15) is 53.1 Å². The minimum Gasteiger partial charge on any atom is -0.478 e. The summed E-state index contributed by atoms with van der Waals surface area (Å²) < 4.78 is 43.4. The fourth-order valence-corrected chi connectivity index (χ4v) is 5.50. The maximum Gasteiger partial charge on any atom is 0.335 e. The summed E-state index contributed by atoms with van der Waals surface area (Å²) in [4.78, 5) is 20.8. The number of imidazole rings is 1. The third-order valence-electron chi connectivity index (χ3n) is 7.64. The van der Waals surface area contributed by atoms with Crippen molar-refractivity contribution in [2.24, 2.45) is 0 Å². The number of aromatic nitrogens is 3. The molecule has 222 valence electrons. The van der Waals surface area contributed by atoms with Gasteiger partial charge in [0.1, 0.15) is 24.1 Å². The molecule has 10 heteroatoms. The lowest BCUT2D eigenvalue weighted by Crippen LogP contribution is -2.47. The van der Waals surface area contributed by atoms with Crippen molar-refractivity contribution < 1.29 is 28.2 Å². The van der Waals surface area contributed by atoms with Crippen molar-refractivity contribution in [2.45, 2.75) is 51.5 Å². The number of hydrogen-bond acceptors (Lipinski definition) is 6. The van der Waals surface area contributed by atoms with Gasteiger partial charge in [0, 0.05) is 30.0 Å². The minimum atomic E-state index is -1.03. The number of nitrogens with zero attached hydrogens (tertiary/aromatic N) is 4. The second-order valence-electron chi connectivity index (χ2n) is 11.4. The van der Waals surface area contributed by atoms with E-state index in [4.69, 9.17) is 19.7 Å². The van der Waals surface area contributed by atoms with Gasteiger partial charge in [0.15, 0.2) is 0 Å². The topological polar surface area (TPSA) is 110 Å². The van der Waals surface area contributed by atoms with E-state index in [9.17, 15) is 14.3 Å². The molecule has 1 unspecified atom stereocenters. The number of carboxylic acids is 1. The van der Waals surface area contributed by atoms with Crippen molar-refractivity contribution in [1.82, 2.24) is 14.5 Å². The molecule has 2 aromatic heterocycles. The molecule has 1 N–H and O–H groups in total. The summed E-state index contributed by atoms with van der Waals surface area (Å²) in [6, 6.07) is 20.7. The predicted molar refractivity (Wildman–Crippen MR) is 158 cm³/mol. The van der Waals surface area contributed by atoms with E-state index >= 15 is 4.39 Å². The maximum absolute atomic E-state index is 15.5. The molecule has 0 saturated carbocycles. The molecule has 1 aliphatic rings. The lowest BCUT2D eigenvalue weighted by molar-refractivity contribution is -0.188. The van der Waals surface area contributed by atoms with Gasteiger partial charge in [0.05, 0.1) is 52.2 Å². The van der Waals surface area contributed by atoms with Crippen molar-refractivity contribution in [3.8, 4) is 23.2 Å². The molecule has 3 heterocycles. The minimum absolute atomic E-state index is 0.0594. The van der Waals surface area contributed by atoms with Gasteiger partial charge in [-0.05, 0) is 61.9 Å². The molecular formula is C34H28F2N4O4. The Morgan fingerprint density at radius 1 is 1.07 bits per heavy atom. The quantitative estimate of drug-likeness (QED) is 0.203. The van der Waals surface area contributed by atoms with Crippen LogP contribution in [0.2, 0.25) is 0 Å². The van der Waals surface area contributed by atoms with Crippen molar-refractivity contribution in [3.05, 3.63) is 113 Å². The Morgan fingerprint density at radius 3 is 2.55 bits per heavy atom. The van der Waals surface area contributed by atoms with Crippen molar-refractivity contribution in [1.29, 1.82) is 5.26 Å². The van der Waals surface area contributed by atoms with E-state index < -0.39 is 17.6 Å². The summed E-state index contributed by atoms with van der Waals surface area (Å²) in [6.45, 7) is 4.42. The number of carbonyl (C=O) groups is 1. The van der Waals surface area contributed by atoms with Crippen LogP contribution in [-0.2, 0) is 24.3 Å². The van der Waals surface area contributed by atoms with Gasteiger partial charge in [-0.2, -0.15) is 5.26 Å². The van der Waals surface area contributed by atoms with Crippen LogP contribution in [-0.4, -0.2) is 37.3 Å². The van der Waals surface area contributed by atoms with E-state index in [1.54, 1.807) is 42.5 Å². The molecule has 0 aliphatic carbocycles. The van der Waals surface area contributed by atoms with Crippen LogP contribution in [0.3, 0.4) is 0 Å². The van der Waals surface area contributed by atoms with Gasteiger partial charge < -0.3 is 19.1 Å². The Balaban J connectivity index is 1.23. The number of aromatic carboxylic acids is 1. The molecule has 1 atom stereocenters. The first-order chi connectivity index (χ1) is 21.1. The summed E-state index contributed by atoms with van der Waals surface area (Å²) >= 11 is 0. The average molecular weight is 595 g/mol. The van der Waals surface area contributed by atoms with Crippen LogP contribution in [0, 0.1) is 23.0 Å². The van der Waals surface area contributed by atoms with Gasteiger partial charge in [-0.25, -0.2) is 23.5 Å². The Kier molecular flexibility index (Phi) is 7.57. The third kappa shape index (κ3) is 6.00. The number of nitriles is 1. The number of benzene rings is 3. The highest BCUT2D eigenvalue weighted by Gasteiger charge is 2.37. The lowest BCUT2D eigenvalue weighted by Gasteiger charge is -2.43. The van der Waals surface area contributed by atoms with E-state index in [1.165, 1.54) is 24.3 Å². The number of halogens is 2. The summed E-state index contributed by atoms with van der Waals surface area (Å²) in [5.74, 6) is -1.18. The van der Waals surface area contributed by atoms with E-state index in [-0.39, 0.29) is 47.3 Å². The number of ether oxygens (including phenoxy) is 2. The Bertz CT molecular complexity index is 1940. The highest BCUT2D eigenvalue weighted by Crippen LogP contribution is 2.34. The highest BCUT2D eigenvalue weighted by atomic mass is 19.1. The van der Waals surface area contributed by atoms with Gasteiger partial charge in [-0.3, -0.25) is 0 Å². The van der Waals surface area contributed by atoms with Gasteiger partial charge in [0.2, 0.25) is 5.88 Å². The number of pyridine rings is 1. The number of hydrogen-bond donors (Lipinski definition) is 1. The molecule has 1 aliphatic heterocycles. The highest BCUT2D eigenvalue weighted by molar-refractivity contribution is 5.92. The third-order valence-corrected chi connectivity index (χ3v) is 7.64. The monoisotopic (exact) mass is 594 g/mol. The van der Waals surface area contributed by atoms with E-state index in [1.807, 2.05) is 24.5 Å². The molecule has 3 aromatic carbocycles. The summed E-state index contributed by atoms with van der Waals surface area (Å²) in [5.41, 5.74) is 3.15. The molecule has 1 saturated heterocycles. The summed E-state index contributed by atoms with van der Waals surface area (Å²) in [7, 11) is 0. The zero-order valence-electron chi connectivity index (χ0n) is 24.1. The smallest absolute Gasteiger partial charge is 0.335 e. The van der Waals surface area contributed by atoms with Gasteiger partial charge in [-0.15, -0.1) is 0 Å². The molecular weight excluding hydrogens is 566 g/mol. The summed E-state index contributed by atoms with van der Waals surface area (Å²) in [6.07, 6.45) is 0.966. The Hall–Kier alpha value is -5.14. The molecule has 0 amide bonds. The van der Waals surface area contributed by atoms with Crippen LogP contribution >= 0.6 is 0 Å². The summed E-state index contributed by atoms with van der Waals surface area (Å²) in [5, 5.41) is 18.5. The SMILES string of the molecule is CC1(C)CC(Cn2c(Cc3ccc(-c4cccc(OCc5ccc(C#N)cc5F)n4)cc3F)nc3ccc(C(=O)O)cc32)O1. The van der Waals surface area contributed by atoms with Gasteiger partial charge in [0.25, 0.3) is 0 Å². The lowest BCUT2D eigenvalue weighted by atomic mass is 9.93. The number of carboxylic acid groups (broad SMARTS) is 1. The molecule has 0 radical (unpaired) electrons. The largest absolute Gasteiger partial charge is 0.478 e. The zero-order chi connectivity index (χ0) is 31.0. The second kappa shape index (κ2) is 11.5. The Morgan fingerprint density at radius 2 is 1.84 bits per heavy atom. The predicted octanol–water partition coefficient (Wildman–Crippen LogP) is 6.68. The molecule has 1 fully saturated rings. The standard InChI is InChI=1S/C34H28F2N4O4/c1-34(2)16-25(44-34)18-40-30-14-23(33(41)42)10-11-29(30)38-31(40)15-21-8-9-22(13-27(21)36)28-4-3-5-32(39-28)43-19-24-7-6-20(17-37)12-26(24)35/h3-14,25H,15-16,18-19H2,1-2H3,(H,41,42). The maximum atomic E-state index is 15.5. The molecule has 6 rings (SSSR count). The van der Waals surface area contributed by atoms with Gasteiger partial charge >= 0.3 is 5.97 Å². The molecule has 44 heavy (non-hydrogen) atoms. The van der Waals surface area contributed by atoms with Crippen molar-refractivity contribution in [3.63, 3.8) is 0 Å². The first kappa shape index (κ1) is 29.0. The van der Waals surface area contributed by atoms with Crippen LogP contribution in [0.5, 0.6) is 5.88 Å². The molecule has 0 bridgehead atoms. The first-order valence-corrected chi connectivity index (χ1v) is 14.1. The van der Waals surface area contributed by atoms with E-state index in [2.05, 4.69) is 4.98 Å². The first-order valence-electron chi connectivity index (χ1n) is 14.1. The van der Waals surface area contributed by atoms with Crippen LogP contribution in [0.15, 0.2) is 72.8 Å². The second-order valence-corrected chi connectivity index (χ2v) is 11.4. The van der Waals surface area contributed by atoms with Gasteiger partial charge in [-0.1, -0.05) is 24.3 Å². The number of fused-ring (bicyclic) bond motifs is 1.